The first kappa shape index (κ1) is 28.8. The van der Waals surface area contributed by atoms with Crippen molar-refractivity contribution in [3.63, 3.8) is 0 Å². The van der Waals surface area contributed by atoms with Crippen LogP contribution in [0.5, 0.6) is 5.75 Å². The lowest BCUT2D eigenvalue weighted by Crippen LogP contribution is -2.57. The Hall–Kier alpha value is -3.69. The largest absolute Gasteiger partial charge is 0.478 e. The molecule has 1 saturated heterocycles. The predicted octanol–water partition coefficient (Wildman–Crippen LogP) is 5.75. The molecule has 3 amide bonds. The second kappa shape index (κ2) is 10.3. The van der Waals surface area contributed by atoms with E-state index in [1.54, 1.807) is 64.3 Å². The lowest BCUT2D eigenvalue weighted by atomic mass is 9.59. The number of nitrogens with one attached hydrogen (secondary N) is 2. The van der Waals surface area contributed by atoms with E-state index in [0.29, 0.717) is 21.8 Å². The quantitative estimate of drug-likeness (QED) is 0.390. The first-order valence-electron chi connectivity index (χ1n) is 12.8. The van der Waals surface area contributed by atoms with Gasteiger partial charge in [0.15, 0.2) is 5.60 Å². The zero-order chi connectivity index (χ0) is 29.9. The van der Waals surface area contributed by atoms with Gasteiger partial charge in [-0.25, -0.2) is 8.78 Å². The van der Waals surface area contributed by atoms with Crippen LogP contribution in [0.2, 0.25) is 10.0 Å². The smallest absolute Gasteiger partial charge is 0.265 e. The Kier molecular flexibility index (Phi) is 7.24. The molecule has 2 aliphatic heterocycles. The number of halogens is 4. The zero-order valence-electron chi connectivity index (χ0n) is 22.7. The standard InChI is InChI=1S/C30H27Cl2F2N3O4/c1-29(2,28(40)37(3)4)41-24-10-6-15(31)11-18(24)21-14-25(38)36-26(19-13-17(33)7-9-22(19)34)30(21)20-8-5-16(32)12-23(20)35-27(30)39/h5-13,21,26H,14H2,1-4H3,(H,35,39)(H,36,38). The highest BCUT2D eigenvalue weighted by Crippen LogP contribution is 2.59. The molecule has 3 atom stereocenters. The highest BCUT2D eigenvalue weighted by Gasteiger charge is 2.62. The van der Waals surface area contributed by atoms with Crippen LogP contribution in [0.4, 0.5) is 14.5 Å². The summed E-state index contributed by atoms with van der Waals surface area (Å²) in [4.78, 5) is 41.8. The van der Waals surface area contributed by atoms with Crippen LogP contribution >= 0.6 is 23.2 Å². The second-order valence-electron chi connectivity index (χ2n) is 10.9. The zero-order valence-corrected chi connectivity index (χ0v) is 24.2. The Morgan fingerprint density at radius 3 is 2.39 bits per heavy atom. The van der Waals surface area contributed by atoms with Gasteiger partial charge in [-0.2, -0.15) is 0 Å². The normalized spacial score (nSPS) is 21.8. The van der Waals surface area contributed by atoms with Gasteiger partial charge >= 0.3 is 0 Å². The third kappa shape index (κ3) is 4.81. The number of benzene rings is 3. The van der Waals surface area contributed by atoms with E-state index in [4.69, 9.17) is 27.9 Å². The summed E-state index contributed by atoms with van der Waals surface area (Å²) < 4.78 is 36.2. The van der Waals surface area contributed by atoms with Gasteiger partial charge in [-0.05, 0) is 67.9 Å². The fraction of sp³-hybridized carbons (Fsp3) is 0.300. The number of anilines is 1. The Labute approximate surface area is 245 Å². The predicted molar refractivity (Wildman–Crippen MR) is 151 cm³/mol. The van der Waals surface area contributed by atoms with Crippen LogP contribution in [0.3, 0.4) is 0 Å². The van der Waals surface area contributed by atoms with E-state index in [2.05, 4.69) is 10.6 Å². The highest BCUT2D eigenvalue weighted by molar-refractivity contribution is 6.31. The monoisotopic (exact) mass is 601 g/mol. The summed E-state index contributed by atoms with van der Waals surface area (Å²) in [5.74, 6) is -3.69. The van der Waals surface area contributed by atoms with Crippen LogP contribution in [0.25, 0.3) is 0 Å². The summed E-state index contributed by atoms with van der Waals surface area (Å²) >= 11 is 12.7. The molecule has 2 aliphatic rings. The minimum atomic E-state index is -1.68. The lowest BCUT2D eigenvalue weighted by molar-refractivity contribution is -0.143. The number of carbonyl (C=O) groups is 3. The molecule has 2 heterocycles. The molecule has 2 N–H and O–H groups in total. The number of piperidine rings is 1. The fourth-order valence-electron chi connectivity index (χ4n) is 6.00. The lowest BCUT2D eigenvalue weighted by Gasteiger charge is -2.47. The molecule has 0 saturated carbocycles. The molecule has 0 radical (unpaired) electrons. The second-order valence-corrected chi connectivity index (χ2v) is 11.8. The van der Waals surface area contributed by atoms with Gasteiger partial charge in [0, 0.05) is 53.3 Å². The Morgan fingerprint density at radius 2 is 1.68 bits per heavy atom. The fourth-order valence-corrected chi connectivity index (χ4v) is 6.35. The molecule has 1 spiro atoms. The van der Waals surface area contributed by atoms with E-state index in [1.807, 2.05) is 0 Å². The summed E-state index contributed by atoms with van der Waals surface area (Å²) in [6.07, 6.45) is -0.221. The van der Waals surface area contributed by atoms with E-state index in [0.717, 1.165) is 18.2 Å². The number of hydrogen-bond acceptors (Lipinski definition) is 4. The molecular formula is C30H27Cl2F2N3O4. The molecule has 1 fully saturated rings. The molecule has 3 aromatic rings. The molecule has 0 aliphatic carbocycles. The van der Waals surface area contributed by atoms with Crippen LogP contribution in [-0.2, 0) is 19.8 Å². The highest BCUT2D eigenvalue weighted by atomic mass is 35.5. The number of amides is 3. The SMILES string of the molecule is CN(C)C(=O)C(C)(C)Oc1ccc(Cl)cc1C1CC(=O)NC(c2cc(F)ccc2F)C12C(=O)Nc1cc(Cl)ccc12. The number of nitrogens with zero attached hydrogens (tertiary/aromatic N) is 1. The number of rotatable bonds is 5. The van der Waals surface area contributed by atoms with Gasteiger partial charge in [0.05, 0.1) is 6.04 Å². The number of carbonyl (C=O) groups excluding carboxylic acids is 3. The Balaban J connectivity index is 1.80. The maximum atomic E-state index is 15.4. The molecule has 3 aromatic carbocycles. The summed E-state index contributed by atoms with van der Waals surface area (Å²) in [5, 5.41) is 6.23. The molecule has 3 unspecified atom stereocenters. The average molecular weight is 602 g/mol. The summed E-state index contributed by atoms with van der Waals surface area (Å²) in [5.41, 5.74) is -2.06. The van der Waals surface area contributed by atoms with Crippen molar-refractivity contribution in [2.24, 2.45) is 0 Å². The van der Waals surface area contributed by atoms with Crippen molar-refractivity contribution >= 4 is 46.6 Å². The molecule has 5 rings (SSSR count). The maximum Gasteiger partial charge on any atom is 0.265 e. The first-order chi connectivity index (χ1) is 19.2. The molecule has 0 aromatic heterocycles. The van der Waals surface area contributed by atoms with Gasteiger partial charge in [-0.3, -0.25) is 14.4 Å². The van der Waals surface area contributed by atoms with Crippen molar-refractivity contribution in [3.8, 4) is 5.75 Å². The van der Waals surface area contributed by atoms with Gasteiger partial charge in [0.2, 0.25) is 11.8 Å². The number of fused-ring (bicyclic) bond motifs is 2. The van der Waals surface area contributed by atoms with Gasteiger partial charge in [-0.1, -0.05) is 29.3 Å². The maximum absolute atomic E-state index is 15.4. The van der Waals surface area contributed by atoms with Crippen LogP contribution in [0, 0.1) is 11.6 Å². The van der Waals surface area contributed by atoms with Crippen LogP contribution in [-0.4, -0.2) is 42.3 Å². The first-order valence-corrected chi connectivity index (χ1v) is 13.6. The molecule has 41 heavy (non-hydrogen) atoms. The molecular weight excluding hydrogens is 575 g/mol. The van der Waals surface area contributed by atoms with Gasteiger partial charge in [0.25, 0.3) is 5.91 Å². The Morgan fingerprint density at radius 1 is 1.00 bits per heavy atom. The van der Waals surface area contributed by atoms with E-state index in [1.165, 1.54) is 4.90 Å². The van der Waals surface area contributed by atoms with Gasteiger partial charge < -0.3 is 20.3 Å². The van der Waals surface area contributed by atoms with Crippen molar-refractivity contribution < 1.29 is 27.9 Å². The number of ether oxygens (including phenoxy) is 1. The van der Waals surface area contributed by atoms with E-state index in [-0.39, 0.29) is 28.7 Å². The number of likely N-dealkylation sites (N-methyl/N-ethyl adjacent to an activating group) is 1. The minimum Gasteiger partial charge on any atom is -0.478 e. The van der Waals surface area contributed by atoms with Crippen molar-refractivity contribution in [1.29, 1.82) is 0 Å². The molecule has 0 bridgehead atoms. The summed E-state index contributed by atoms with van der Waals surface area (Å²) in [6, 6.07) is 11.0. The Bertz CT molecular complexity index is 1600. The van der Waals surface area contributed by atoms with E-state index < -0.39 is 46.4 Å². The molecule has 214 valence electrons. The average Bonchev–Trinajstić information content (AvgIpc) is 3.18. The third-order valence-corrected chi connectivity index (χ3v) is 8.12. The van der Waals surface area contributed by atoms with Gasteiger partial charge in [-0.15, -0.1) is 0 Å². The topological polar surface area (TPSA) is 87.7 Å². The molecule has 7 nitrogen and oxygen atoms in total. The van der Waals surface area contributed by atoms with Crippen molar-refractivity contribution in [1.82, 2.24) is 10.2 Å². The van der Waals surface area contributed by atoms with E-state index in [9.17, 15) is 18.8 Å². The van der Waals surface area contributed by atoms with Crippen molar-refractivity contribution in [2.75, 3.05) is 19.4 Å². The van der Waals surface area contributed by atoms with E-state index >= 15 is 4.39 Å². The minimum absolute atomic E-state index is 0.200. The number of hydrogen-bond donors (Lipinski definition) is 2. The van der Waals surface area contributed by atoms with Crippen LogP contribution in [0.15, 0.2) is 54.6 Å². The third-order valence-electron chi connectivity index (χ3n) is 7.65. The van der Waals surface area contributed by atoms with Gasteiger partial charge in [0.1, 0.15) is 22.8 Å². The van der Waals surface area contributed by atoms with Crippen LogP contribution < -0.4 is 15.4 Å². The van der Waals surface area contributed by atoms with Crippen molar-refractivity contribution in [2.45, 2.75) is 43.2 Å². The molecule has 11 heteroatoms. The summed E-state index contributed by atoms with van der Waals surface area (Å²) in [7, 11) is 3.19. The summed E-state index contributed by atoms with van der Waals surface area (Å²) in [6.45, 7) is 3.20. The van der Waals surface area contributed by atoms with Crippen LogP contribution in [0.1, 0.15) is 48.9 Å². The van der Waals surface area contributed by atoms with Crippen molar-refractivity contribution in [3.05, 3.63) is 93.0 Å².